The number of fused-ring (bicyclic) bond motifs is 1. The third kappa shape index (κ3) is 3.45. The van der Waals surface area contributed by atoms with Gasteiger partial charge in [0.25, 0.3) is 0 Å². The van der Waals surface area contributed by atoms with E-state index >= 15 is 0 Å². The molecule has 0 bridgehead atoms. The van der Waals surface area contributed by atoms with Gasteiger partial charge in [0.1, 0.15) is 5.75 Å². The summed E-state index contributed by atoms with van der Waals surface area (Å²) in [4.78, 5) is 19.5. The van der Waals surface area contributed by atoms with Gasteiger partial charge in [-0.15, -0.1) is 0 Å². The Balaban J connectivity index is 2.03. The van der Waals surface area contributed by atoms with Gasteiger partial charge in [0, 0.05) is 28.7 Å². The molecule has 3 aromatic rings. The minimum atomic E-state index is -0.607. The average Bonchev–Trinajstić information content (AvgIpc) is 2.57. The summed E-state index contributed by atoms with van der Waals surface area (Å²) in [6, 6.07) is 12.8. The molecule has 0 aliphatic carbocycles. The fourth-order valence-electron chi connectivity index (χ4n) is 2.20. The number of rotatable bonds is 4. The van der Waals surface area contributed by atoms with Crippen molar-refractivity contribution in [1.82, 2.24) is 9.97 Å². The van der Waals surface area contributed by atoms with E-state index in [0.29, 0.717) is 22.5 Å². The molecule has 0 saturated heterocycles. The molecule has 1 aromatic heterocycles. The fraction of sp³-hybridized carbons (Fsp3) is 0.0625. The number of anilines is 1. The minimum Gasteiger partial charge on any atom is -0.438 e. The highest BCUT2D eigenvalue weighted by molar-refractivity contribution is 7.98. The number of amides is 1. The van der Waals surface area contributed by atoms with Crippen LogP contribution in [-0.4, -0.2) is 29.9 Å². The number of nitrogens with zero attached hydrogens (tertiary/aromatic N) is 2. The van der Waals surface area contributed by atoms with Crippen molar-refractivity contribution >= 4 is 41.9 Å². The molecule has 0 saturated carbocycles. The van der Waals surface area contributed by atoms with Gasteiger partial charge in [0.2, 0.25) is 13.7 Å². The third-order valence-electron chi connectivity index (χ3n) is 3.15. The van der Waals surface area contributed by atoms with Gasteiger partial charge in [-0.1, -0.05) is 36.0 Å². The number of aromatic nitrogens is 2. The van der Waals surface area contributed by atoms with Crippen LogP contribution in [0, 0.1) is 0 Å². The van der Waals surface area contributed by atoms with Crippen LogP contribution in [0.2, 0.25) is 0 Å². The van der Waals surface area contributed by atoms with Crippen LogP contribution in [0.25, 0.3) is 10.8 Å². The van der Waals surface area contributed by atoms with Crippen LogP contribution in [0.3, 0.4) is 0 Å². The molecule has 0 aliphatic rings. The summed E-state index contributed by atoms with van der Waals surface area (Å²) >= 11 is 1.44. The van der Waals surface area contributed by atoms with Gasteiger partial charge in [-0.25, -0.2) is 4.98 Å². The molecule has 1 N–H and O–H groups in total. The fourth-order valence-corrected chi connectivity index (χ4v) is 2.54. The van der Waals surface area contributed by atoms with E-state index in [0.717, 1.165) is 10.8 Å². The van der Waals surface area contributed by atoms with Crippen molar-refractivity contribution in [3.8, 4) is 11.6 Å². The van der Waals surface area contributed by atoms with Gasteiger partial charge >= 0.3 is 0 Å². The van der Waals surface area contributed by atoms with Gasteiger partial charge in [0.15, 0.2) is 11.0 Å². The highest BCUT2D eigenvalue weighted by Gasteiger charge is 2.09. The molecule has 23 heavy (non-hydrogen) atoms. The van der Waals surface area contributed by atoms with E-state index in [-0.39, 0.29) is 0 Å². The SMILES string of the molecule is [B]C(=O)Nc1ccc(Oc2ccnc(SC)n2)c2ccccc12. The Morgan fingerprint density at radius 1 is 1.17 bits per heavy atom. The zero-order valence-corrected chi connectivity index (χ0v) is 13.1. The lowest BCUT2D eigenvalue weighted by atomic mass is 10.1. The van der Waals surface area contributed by atoms with Gasteiger partial charge in [-0.2, -0.15) is 4.98 Å². The molecule has 1 heterocycles. The van der Waals surface area contributed by atoms with E-state index in [1.54, 1.807) is 24.4 Å². The number of hydrogen-bond donors (Lipinski definition) is 1. The lowest BCUT2D eigenvalue weighted by Crippen LogP contribution is -2.08. The molecule has 2 aromatic carbocycles. The van der Waals surface area contributed by atoms with Crippen LogP contribution >= 0.6 is 11.8 Å². The maximum atomic E-state index is 11.1. The molecule has 0 atom stereocenters. The quantitative estimate of drug-likeness (QED) is 0.449. The Labute approximate surface area is 138 Å². The monoisotopic (exact) mass is 321 g/mol. The molecule has 1 amide bonds. The van der Waals surface area contributed by atoms with Gasteiger partial charge in [0.05, 0.1) is 0 Å². The van der Waals surface area contributed by atoms with Crippen molar-refractivity contribution in [2.75, 3.05) is 11.6 Å². The first-order valence-corrected chi connectivity index (χ1v) is 8.03. The molecule has 0 spiro atoms. The van der Waals surface area contributed by atoms with E-state index in [1.807, 2.05) is 30.5 Å². The lowest BCUT2D eigenvalue weighted by Gasteiger charge is -2.12. The molecule has 0 fully saturated rings. The normalized spacial score (nSPS) is 10.5. The van der Waals surface area contributed by atoms with E-state index in [1.165, 1.54) is 11.8 Å². The molecule has 0 unspecified atom stereocenters. The Morgan fingerprint density at radius 3 is 2.70 bits per heavy atom. The predicted octanol–water partition coefficient (Wildman–Crippen LogP) is 3.84. The van der Waals surface area contributed by atoms with Gasteiger partial charge in [-0.05, 0) is 18.4 Å². The van der Waals surface area contributed by atoms with Crippen molar-refractivity contribution in [3.63, 3.8) is 0 Å². The summed E-state index contributed by atoms with van der Waals surface area (Å²) in [5.41, 5.74) is 0.632. The zero-order chi connectivity index (χ0) is 16.2. The zero-order valence-electron chi connectivity index (χ0n) is 12.3. The van der Waals surface area contributed by atoms with Crippen LogP contribution in [0.5, 0.6) is 11.6 Å². The molecule has 112 valence electrons. The largest absolute Gasteiger partial charge is 0.438 e. The van der Waals surface area contributed by atoms with Crippen LogP contribution in [0.15, 0.2) is 53.8 Å². The molecular formula is C16H12BN3O2S. The molecule has 3 rings (SSSR count). The maximum Gasteiger partial charge on any atom is 0.223 e. The first-order chi connectivity index (χ1) is 11.2. The minimum absolute atomic E-state index is 0.463. The Hall–Kier alpha value is -2.54. The van der Waals surface area contributed by atoms with Crippen molar-refractivity contribution in [2.45, 2.75) is 5.16 Å². The van der Waals surface area contributed by atoms with Crippen LogP contribution in [0.4, 0.5) is 10.5 Å². The highest BCUT2D eigenvalue weighted by atomic mass is 32.2. The first kappa shape index (κ1) is 15.4. The second kappa shape index (κ2) is 6.70. The van der Waals surface area contributed by atoms with Crippen molar-refractivity contribution < 1.29 is 9.53 Å². The summed E-state index contributed by atoms with van der Waals surface area (Å²) in [5, 5.41) is 4.94. The summed E-state index contributed by atoms with van der Waals surface area (Å²) in [7, 11) is 5.21. The second-order valence-electron chi connectivity index (χ2n) is 4.63. The van der Waals surface area contributed by atoms with Crippen LogP contribution in [0.1, 0.15) is 0 Å². The standard InChI is InChI=1S/C16H12BN3O2S/c1-23-16-18-9-8-14(20-16)22-13-7-6-12(19-15(17)21)10-4-2-3-5-11(10)13/h2-9H,1H3,(H,19,21). The van der Waals surface area contributed by atoms with E-state index in [4.69, 9.17) is 12.6 Å². The Kier molecular flexibility index (Phi) is 4.48. The Bertz CT molecular complexity index is 873. The number of carbonyl (C=O) groups is 1. The van der Waals surface area contributed by atoms with Crippen molar-refractivity contribution in [2.24, 2.45) is 0 Å². The van der Waals surface area contributed by atoms with Gasteiger partial charge in [-0.3, -0.25) is 4.79 Å². The summed E-state index contributed by atoms with van der Waals surface area (Å²) in [6.07, 6.45) is 3.55. The van der Waals surface area contributed by atoms with Crippen LogP contribution < -0.4 is 10.1 Å². The van der Waals surface area contributed by atoms with Gasteiger partial charge < -0.3 is 10.1 Å². The number of ether oxygens (including phenoxy) is 1. The third-order valence-corrected chi connectivity index (χ3v) is 3.71. The number of carbonyl (C=O) groups excluding carboxylic acids is 1. The number of nitrogens with one attached hydrogen (secondary N) is 1. The maximum absolute atomic E-state index is 11.1. The topological polar surface area (TPSA) is 64.1 Å². The summed E-state index contributed by atoms with van der Waals surface area (Å²) < 4.78 is 5.89. The smallest absolute Gasteiger partial charge is 0.223 e. The highest BCUT2D eigenvalue weighted by Crippen LogP contribution is 2.34. The molecular weight excluding hydrogens is 309 g/mol. The first-order valence-electron chi connectivity index (χ1n) is 6.80. The second-order valence-corrected chi connectivity index (χ2v) is 5.40. The predicted molar refractivity (Wildman–Crippen MR) is 92.6 cm³/mol. The summed E-state index contributed by atoms with van der Waals surface area (Å²) in [6.45, 7) is 0. The number of thioether (sulfide) groups is 1. The van der Waals surface area contributed by atoms with E-state index in [2.05, 4.69) is 15.3 Å². The Morgan fingerprint density at radius 2 is 1.96 bits per heavy atom. The number of hydrogen-bond acceptors (Lipinski definition) is 5. The van der Waals surface area contributed by atoms with Crippen LogP contribution in [-0.2, 0) is 0 Å². The number of benzene rings is 2. The molecule has 5 nitrogen and oxygen atoms in total. The summed E-state index contributed by atoms with van der Waals surface area (Å²) in [5.74, 6) is 0.496. The molecule has 2 radical (unpaired) electrons. The van der Waals surface area contributed by atoms with E-state index < -0.39 is 5.81 Å². The molecule has 7 heteroatoms. The molecule has 0 aliphatic heterocycles. The van der Waals surface area contributed by atoms with E-state index in [9.17, 15) is 4.79 Å². The van der Waals surface area contributed by atoms with Crippen molar-refractivity contribution in [1.29, 1.82) is 0 Å². The average molecular weight is 321 g/mol. The van der Waals surface area contributed by atoms with Crippen molar-refractivity contribution in [3.05, 3.63) is 48.7 Å². The lowest BCUT2D eigenvalue weighted by molar-refractivity contribution is 0.269.